The van der Waals surface area contributed by atoms with Crippen LogP contribution in [0.15, 0.2) is 36.5 Å². The van der Waals surface area contributed by atoms with E-state index in [0.717, 1.165) is 44.8 Å². The fourth-order valence-corrected chi connectivity index (χ4v) is 5.82. The molecule has 39 heavy (non-hydrogen) atoms. The van der Waals surface area contributed by atoms with Crippen LogP contribution in [0.1, 0.15) is 25.3 Å². The highest BCUT2D eigenvalue weighted by atomic mass is 19.1. The molecule has 0 radical (unpaired) electrons. The van der Waals surface area contributed by atoms with Gasteiger partial charge in [-0.1, -0.05) is 12.0 Å². The van der Waals surface area contributed by atoms with E-state index in [-0.39, 0.29) is 11.3 Å². The quantitative estimate of drug-likeness (QED) is 0.393. The van der Waals surface area contributed by atoms with Crippen molar-refractivity contribution in [3.8, 4) is 35.1 Å². The van der Waals surface area contributed by atoms with Crippen LogP contribution in [0.25, 0.3) is 27.5 Å². The predicted octanol–water partition coefficient (Wildman–Crippen LogP) is 3.99. The number of halogens is 1. The number of phenols is 1. The molecule has 2 aliphatic heterocycles. The van der Waals surface area contributed by atoms with Gasteiger partial charge in [-0.2, -0.15) is 14.6 Å². The number of benzene rings is 2. The van der Waals surface area contributed by atoms with Crippen molar-refractivity contribution < 1.29 is 14.2 Å². The van der Waals surface area contributed by atoms with Gasteiger partial charge in [0.1, 0.15) is 24.0 Å². The van der Waals surface area contributed by atoms with Gasteiger partial charge < -0.3 is 24.5 Å². The van der Waals surface area contributed by atoms with Crippen molar-refractivity contribution in [1.29, 1.82) is 0 Å². The monoisotopic (exact) mass is 528 g/mol. The average molecular weight is 529 g/mol. The molecular weight excluding hydrogens is 495 g/mol. The second-order valence-electron chi connectivity index (χ2n) is 10.8. The van der Waals surface area contributed by atoms with Gasteiger partial charge in [0.25, 0.3) is 0 Å². The summed E-state index contributed by atoms with van der Waals surface area (Å²) in [4.78, 5) is 11.9. The molecule has 2 aromatic heterocycles. The Hall–Kier alpha value is -3.87. The van der Waals surface area contributed by atoms with Crippen molar-refractivity contribution in [3.05, 3.63) is 47.9 Å². The van der Waals surface area contributed by atoms with E-state index in [1.807, 2.05) is 10.6 Å². The third kappa shape index (κ3) is 4.54. The van der Waals surface area contributed by atoms with E-state index in [1.165, 1.54) is 6.07 Å². The van der Waals surface area contributed by atoms with Gasteiger partial charge in [-0.3, -0.25) is 0 Å². The molecule has 0 bridgehead atoms. The lowest BCUT2D eigenvalue weighted by Gasteiger charge is -2.38. The summed E-state index contributed by atoms with van der Waals surface area (Å²) in [6.45, 7) is 6.41. The molecule has 4 heterocycles. The maximum atomic E-state index is 14.8. The van der Waals surface area contributed by atoms with E-state index >= 15 is 0 Å². The van der Waals surface area contributed by atoms with Crippen molar-refractivity contribution in [1.82, 2.24) is 24.4 Å². The third-order valence-electron chi connectivity index (χ3n) is 8.29. The van der Waals surface area contributed by atoms with Crippen LogP contribution in [0.4, 0.5) is 10.2 Å². The number of ether oxygens (including phenoxy) is 1. The molecule has 2 atom stereocenters. The number of piperazine rings is 1. The summed E-state index contributed by atoms with van der Waals surface area (Å²) in [7, 11) is 4.26. The van der Waals surface area contributed by atoms with E-state index in [1.54, 1.807) is 24.4 Å². The SMILES string of the molecule is C#Cc1c(F)ccc2cc(O)cc(-c3cnn4c(N5CCN(C)C(C)C5)cc(OCC5CCCN5C)nc34)c12. The first kappa shape index (κ1) is 25.4. The summed E-state index contributed by atoms with van der Waals surface area (Å²) in [5.74, 6) is 3.46. The second-order valence-corrected chi connectivity index (χ2v) is 10.8. The van der Waals surface area contributed by atoms with Crippen LogP contribution in [0, 0.1) is 18.2 Å². The van der Waals surface area contributed by atoms with Crippen LogP contribution in [0.5, 0.6) is 11.6 Å². The third-order valence-corrected chi connectivity index (χ3v) is 8.29. The maximum Gasteiger partial charge on any atom is 0.219 e. The van der Waals surface area contributed by atoms with E-state index in [4.69, 9.17) is 21.2 Å². The Kier molecular flexibility index (Phi) is 6.53. The Balaban J connectivity index is 1.52. The Morgan fingerprint density at radius 2 is 1.97 bits per heavy atom. The van der Waals surface area contributed by atoms with Crippen LogP contribution in [0.2, 0.25) is 0 Å². The number of hydrogen-bond donors (Lipinski definition) is 1. The average Bonchev–Trinajstić information content (AvgIpc) is 3.54. The van der Waals surface area contributed by atoms with E-state index < -0.39 is 5.82 Å². The summed E-state index contributed by atoms with van der Waals surface area (Å²) in [6, 6.07) is 8.80. The highest BCUT2D eigenvalue weighted by Crippen LogP contribution is 2.38. The van der Waals surface area contributed by atoms with Crippen molar-refractivity contribution in [3.63, 3.8) is 0 Å². The summed E-state index contributed by atoms with van der Waals surface area (Å²) in [5.41, 5.74) is 1.93. The lowest BCUT2D eigenvalue weighted by atomic mass is 9.95. The predicted molar refractivity (Wildman–Crippen MR) is 151 cm³/mol. The topological polar surface area (TPSA) is 69.4 Å². The number of phenolic OH excluding ortho intramolecular Hbond substituents is 1. The number of anilines is 1. The maximum absolute atomic E-state index is 14.8. The van der Waals surface area contributed by atoms with Crippen LogP contribution < -0.4 is 9.64 Å². The van der Waals surface area contributed by atoms with Crippen molar-refractivity contribution >= 4 is 22.2 Å². The first-order valence-corrected chi connectivity index (χ1v) is 13.4. The van der Waals surface area contributed by atoms with Crippen LogP contribution in [-0.4, -0.2) is 88.5 Å². The number of rotatable bonds is 5. The number of aromatic nitrogens is 3. The first-order chi connectivity index (χ1) is 18.8. The zero-order chi connectivity index (χ0) is 27.3. The van der Waals surface area contributed by atoms with Gasteiger partial charge >= 0.3 is 0 Å². The summed E-state index contributed by atoms with van der Waals surface area (Å²) >= 11 is 0. The summed E-state index contributed by atoms with van der Waals surface area (Å²) in [6.07, 6.45) is 9.71. The molecule has 2 saturated heterocycles. The summed E-state index contributed by atoms with van der Waals surface area (Å²) < 4.78 is 22.9. The highest BCUT2D eigenvalue weighted by Gasteiger charge is 2.27. The van der Waals surface area contributed by atoms with Gasteiger partial charge in [0.2, 0.25) is 5.88 Å². The number of nitrogens with zero attached hydrogens (tertiary/aromatic N) is 6. The van der Waals surface area contributed by atoms with Crippen molar-refractivity contribution in [2.75, 3.05) is 51.8 Å². The number of hydrogen-bond acceptors (Lipinski definition) is 7. The Morgan fingerprint density at radius 3 is 2.72 bits per heavy atom. The molecule has 6 rings (SSSR count). The minimum atomic E-state index is -0.488. The standard InChI is InChI=1S/C30H33FN6O2/c1-5-23-26(31)9-8-20-13-22(38)14-24(29(20)23)25-16-32-37-28(36-12-11-34(3)19(2)17-36)15-27(33-30(25)37)39-18-21-7-6-10-35(21)4/h1,8-9,13-16,19,21,38H,6-7,10-12,17-18H2,2-4H3. The fourth-order valence-electron chi connectivity index (χ4n) is 5.82. The van der Waals surface area contributed by atoms with Gasteiger partial charge in [0.05, 0.1) is 11.8 Å². The largest absolute Gasteiger partial charge is 0.508 e. The van der Waals surface area contributed by atoms with E-state index in [0.29, 0.717) is 52.1 Å². The second kappa shape index (κ2) is 10.0. The normalized spacial score (nSPS) is 20.6. The molecule has 2 aliphatic rings. The van der Waals surface area contributed by atoms with Crippen molar-refractivity contribution in [2.45, 2.75) is 31.8 Å². The molecule has 9 heteroatoms. The first-order valence-electron chi connectivity index (χ1n) is 13.4. The Labute approximate surface area is 227 Å². The Bertz CT molecular complexity index is 1590. The van der Waals surface area contributed by atoms with Crippen LogP contribution in [-0.2, 0) is 0 Å². The van der Waals surface area contributed by atoms with Crippen LogP contribution in [0.3, 0.4) is 0 Å². The lowest BCUT2D eigenvalue weighted by Crippen LogP contribution is -2.50. The lowest BCUT2D eigenvalue weighted by molar-refractivity contribution is 0.193. The van der Waals surface area contributed by atoms with Gasteiger partial charge in [-0.05, 0) is 69.6 Å². The number of fused-ring (bicyclic) bond motifs is 2. The molecule has 202 valence electrons. The van der Waals surface area contributed by atoms with Gasteiger partial charge in [-0.15, -0.1) is 6.42 Å². The fraction of sp³-hybridized carbons (Fsp3) is 0.400. The van der Waals surface area contributed by atoms with Gasteiger partial charge in [0.15, 0.2) is 5.65 Å². The zero-order valence-corrected chi connectivity index (χ0v) is 22.6. The molecule has 2 fully saturated rings. The highest BCUT2D eigenvalue weighted by molar-refractivity contribution is 6.04. The molecule has 2 unspecified atom stereocenters. The number of terminal acetylenes is 1. The molecule has 0 saturated carbocycles. The Morgan fingerprint density at radius 1 is 1.13 bits per heavy atom. The molecule has 0 aliphatic carbocycles. The van der Waals surface area contributed by atoms with E-state index in [9.17, 15) is 9.50 Å². The van der Waals surface area contributed by atoms with Gasteiger partial charge in [0, 0.05) is 48.7 Å². The molecule has 8 nitrogen and oxygen atoms in total. The molecule has 4 aromatic rings. The smallest absolute Gasteiger partial charge is 0.219 e. The molecule has 0 spiro atoms. The molecule has 1 N–H and O–H groups in total. The van der Waals surface area contributed by atoms with E-state index in [2.05, 4.69) is 41.6 Å². The molecular formula is C30H33FN6O2. The van der Waals surface area contributed by atoms with Crippen molar-refractivity contribution in [2.24, 2.45) is 0 Å². The van der Waals surface area contributed by atoms with Gasteiger partial charge in [-0.25, -0.2) is 4.39 Å². The number of aromatic hydroxyl groups is 1. The number of likely N-dealkylation sites (tertiary alicyclic amines) is 1. The molecule has 2 aromatic carbocycles. The minimum Gasteiger partial charge on any atom is -0.508 e. The number of likely N-dealkylation sites (N-methyl/N-ethyl adjacent to an activating group) is 2. The summed E-state index contributed by atoms with van der Waals surface area (Å²) in [5, 5.41) is 16.5. The van der Waals surface area contributed by atoms with Crippen LogP contribution >= 0.6 is 0 Å². The molecule has 0 amide bonds. The zero-order valence-electron chi connectivity index (χ0n) is 22.6. The minimum absolute atomic E-state index is 0.0521.